The predicted octanol–water partition coefficient (Wildman–Crippen LogP) is 0.953. The van der Waals surface area contributed by atoms with Crippen LogP contribution in [-0.2, 0) is 9.53 Å². The summed E-state index contributed by atoms with van der Waals surface area (Å²) in [4.78, 5) is 16.7. The number of esters is 1. The van der Waals surface area contributed by atoms with Crippen LogP contribution in [0, 0.1) is 11.3 Å². The molecule has 1 heterocycles. The van der Waals surface area contributed by atoms with Gasteiger partial charge in [0.1, 0.15) is 11.8 Å². The second-order valence-electron chi connectivity index (χ2n) is 3.26. The average Bonchev–Trinajstić information content (AvgIpc) is 2.35. The van der Waals surface area contributed by atoms with Gasteiger partial charge in [0.25, 0.3) is 0 Å². The van der Waals surface area contributed by atoms with E-state index in [-0.39, 0.29) is 5.97 Å². The Morgan fingerprint density at radius 3 is 3.06 bits per heavy atom. The molecule has 1 aromatic rings. The number of nitrogens with zero attached hydrogens (tertiary/aromatic N) is 3. The highest BCUT2D eigenvalue weighted by Gasteiger charge is 2.06. The molecule has 0 saturated carbocycles. The number of anilines is 1. The molecule has 0 bridgehead atoms. The van der Waals surface area contributed by atoms with E-state index in [4.69, 9.17) is 5.26 Å². The van der Waals surface area contributed by atoms with Gasteiger partial charge in [-0.1, -0.05) is 0 Å². The number of rotatable bonds is 4. The van der Waals surface area contributed by atoms with Crippen LogP contribution in [0.25, 0.3) is 0 Å². The van der Waals surface area contributed by atoms with Crippen molar-refractivity contribution in [3.8, 4) is 6.07 Å². The van der Waals surface area contributed by atoms with Gasteiger partial charge in [-0.05, 0) is 12.1 Å². The third-order valence-corrected chi connectivity index (χ3v) is 2.18. The standard InChI is InChI=1S/C11H13N3O2/c1-14(6-4-11(15)16-2)10-3-5-13-9(7-10)8-12/h3,5,7H,4,6H2,1-2H3. The summed E-state index contributed by atoms with van der Waals surface area (Å²) in [6.07, 6.45) is 1.89. The molecule has 0 saturated heterocycles. The number of aromatic nitrogens is 1. The highest BCUT2D eigenvalue weighted by atomic mass is 16.5. The summed E-state index contributed by atoms with van der Waals surface area (Å²) in [5.41, 5.74) is 1.22. The molecule has 0 aliphatic rings. The van der Waals surface area contributed by atoms with Gasteiger partial charge in [-0.25, -0.2) is 4.98 Å². The summed E-state index contributed by atoms with van der Waals surface area (Å²) in [6.45, 7) is 0.543. The maximum Gasteiger partial charge on any atom is 0.307 e. The van der Waals surface area contributed by atoms with Crippen LogP contribution in [0.15, 0.2) is 18.3 Å². The summed E-state index contributed by atoms with van der Waals surface area (Å²) in [5.74, 6) is -0.249. The Balaban J connectivity index is 2.62. The maximum absolute atomic E-state index is 11.0. The van der Waals surface area contributed by atoms with E-state index in [1.807, 2.05) is 18.0 Å². The first-order valence-corrected chi connectivity index (χ1v) is 4.81. The smallest absolute Gasteiger partial charge is 0.307 e. The fraction of sp³-hybridized carbons (Fsp3) is 0.364. The molecule has 84 valence electrons. The molecule has 5 nitrogen and oxygen atoms in total. The van der Waals surface area contributed by atoms with Crippen LogP contribution in [0.1, 0.15) is 12.1 Å². The number of pyridine rings is 1. The van der Waals surface area contributed by atoms with Gasteiger partial charge in [0, 0.05) is 25.5 Å². The average molecular weight is 219 g/mol. The number of hydrogen-bond donors (Lipinski definition) is 0. The van der Waals surface area contributed by atoms with E-state index in [1.54, 1.807) is 18.3 Å². The lowest BCUT2D eigenvalue weighted by molar-refractivity contribution is -0.140. The highest BCUT2D eigenvalue weighted by Crippen LogP contribution is 2.12. The Labute approximate surface area is 94.3 Å². The largest absolute Gasteiger partial charge is 0.469 e. The van der Waals surface area contributed by atoms with Gasteiger partial charge in [-0.2, -0.15) is 5.26 Å². The maximum atomic E-state index is 11.0. The molecule has 0 N–H and O–H groups in total. The van der Waals surface area contributed by atoms with Gasteiger partial charge in [0.15, 0.2) is 0 Å². The zero-order valence-electron chi connectivity index (χ0n) is 9.30. The van der Waals surface area contributed by atoms with E-state index >= 15 is 0 Å². The molecular formula is C11H13N3O2. The normalized spacial score (nSPS) is 9.31. The zero-order valence-corrected chi connectivity index (χ0v) is 9.30. The summed E-state index contributed by atoms with van der Waals surface area (Å²) < 4.78 is 4.55. The fourth-order valence-electron chi connectivity index (χ4n) is 1.21. The van der Waals surface area contributed by atoms with Crippen molar-refractivity contribution in [1.82, 2.24) is 4.98 Å². The first-order chi connectivity index (χ1) is 7.67. The molecule has 0 amide bonds. The molecule has 1 aromatic heterocycles. The van der Waals surface area contributed by atoms with Crippen LogP contribution < -0.4 is 4.90 Å². The summed E-state index contributed by atoms with van der Waals surface area (Å²) >= 11 is 0. The molecule has 0 aliphatic heterocycles. The monoisotopic (exact) mass is 219 g/mol. The molecule has 5 heteroatoms. The Bertz CT molecular complexity index is 412. The van der Waals surface area contributed by atoms with E-state index in [2.05, 4.69) is 9.72 Å². The van der Waals surface area contributed by atoms with E-state index in [1.165, 1.54) is 7.11 Å². The van der Waals surface area contributed by atoms with E-state index in [0.717, 1.165) is 5.69 Å². The number of carbonyl (C=O) groups excluding carboxylic acids is 1. The Hall–Kier alpha value is -2.09. The van der Waals surface area contributed by atoms with Gasteiger partial charge in [-0.3, -0.25) is 4.79 Å². The molecule has 16 heavy (non-hydrogen) atoms. The van der Waals surface area contributed by atoms with Crippen LogP contribution in [0.2, 0.25) is 0 Å². The van der Waals surface area contributed by atoms with Crippen LogP contribution in [0.4, 0.5) is 5.69 Å². The minimum Gasteiger partial charge on any atom is -0.469 e. The topological polar surface area (TPSA) is 66.2 Å². The van der Waals surface area contributed by atoms with E-state index in [9.17, 15) is 4.79 Å². The first kappa shape index (κ1) is 12.0. The first-order valence-electron chi connectivity index (χ1n) is 4.81. The van der Waals surface area contributed by atoms with Crippen molar-refractivity contribution >= 4 is 11.7 Å². The van der Waals surface area contributed by atoms with Crippen LogP contribution >= 0.6 is 0 Å². The number of carbonyl (C=O) groups is 1. The summed E-state index contributed by atoms with van der Waals surface area (Å²) in [7, 11) is 3.21. The van der Waals surface area contributed by atoms with E-state index < -0.39 is 0 Å². The molecule has 0 radical (unpaired) electrons. The minimum atomic E-state index is -0.249. The summed E-state index contributed by atoms with van der Waals surface area (Å²) in [5, 5.41) is 8.69. The fourth-order valence-corrected chi connectivity index (χ4v) is 1.21. The van der Waals surface area contributed by atoms with Crippen molar-refractivity contribution in [2.45, 2.75) is 6.42 Å². The minimum absolute atomic E-state index is 0.249. The van der Waals surface area contributed by atoms with Crippen molar-refractivity contribution in [2.75, 3.05) is 25.6 Å². The van der Waals surface area contributed by atoms with Gasteiger partial charge in [-0.15, -0.1) is 0 Å². The molecule has 0 aliphatic carbocycles. The predicted molar refractivity (Wildman–Crippen MR) is 58.9 cm³/mol. The third kappa shape index (κ3) is 3.24. The number of methoxy groups -OCH3 is 1. The zero-order chi connectivity index (χ0) is 12.0. The van der Waals surface area contributed by atoms with E-state index in [0.29, 0.717) is 18.7 Å². The molecular weight excluding hydrogens is 206 g/mol. The second kappa shape index (κ2) is 5.71. The molecule has 0 unspecified atom stereocenters. The van der Waals surface area contributed by atoms with Crippen LogP contribution in [0.5, 0.6) is 0 Å². The SMILES string of the molecule is COC(=O)CCN(C)c1ccnc(C#N)c1. The number of nitriles is 1. The molecule has 0 atom stereocenters. The van der Waals surface area contributed by atoms with Crippen molar-refractivity contribution in [3.63, 3.8) is 0 Å². The number of ether oxygens (including phenoxy) is 1. The van der Waals surface area contributed by atoms with Crippen LogP contribution in [-0.4, -0.2) is 31.7 Å². The van der Waals surface area contributed by atoms with Gasteiger partial charge in [0.2, 0.25) is 0 Å². The Morgan fingerprint density at radius 1 is 1.69 bits per heavy atom. The van der Waals surface area contributed by atoms with Crippen molar-refractivity contribution in [1.29, 1.82) is 5.26 Å². The Kier molecular flexibility index (Phi) is 4.28. The lowest BCUT2D eigenvalue weighted by Gasteiger charge is -2.18. The quantitative estimate of drug-likeness (QED) is 0.705. The second-order valence-corrected chi connectivity index (χ2v) is 3.26. The van der Waals surface area contributed by atoms with Crippen molar-refractivity contribution < 1.29 is 9.53 Å². The molecule has 0 aromatic carbocycles. The molecule has 0 fully saturated rings. The lowest BCUT2D eigenvalue weighted by atomic mass is 10.3. The Morgan fingerprint density at radius 2 is 2.44 bits per heavy atom. The van der Waals surface area contributed by atoms with Crippen LogP contribution in [0.3, 0.4) is 0 Å². The van der Waals surface area contributed by atoms with Crippen molar-refractivity contribution in [2.24, 2.45) is 0 Å². The van der Waals surface area contributed by atoms with Crippen molar-refractivity contribution in [3.05, 3.63) is 24.0 Å². The molecule has 1 rings (SSSR count). The lowest BCUT2D eigenvalue weighted by Crippen LogP contribution is -2.21. The van der Waals surface area contributed by atoms with Gasteiger partial charge >= 0.3 is 5.97 Å². The number of hydrogen-bond acceptors (Lipinski definition) is 5. The summed E-state index contributed by atoms with van der Waals surface area (Å²) in [6, 6.07) is 5.44. The highest BCUT2D eigenvalue weighted by molar-refractivity contribution is 5.70. The van der Waals surface area contributed by atoms with Gasteiger partial charge in [0.05, 0.1) is 13.5 Å². The molecule has 0 spiro atoms. The third-order valence-electron chi connectivity index (χ3n) is 2.18. The van der Waals surface area contributed by atoms with Gasteiger partial charge < -0.3 is 9.64 Å².